The average Bonchev–Trinajstić information content (AvgIpc) is 3.17. The second-order valence-corrected chi connectivity index (χ2v) is 11.0. The van der Waals surface area contributed by atoms with Gasteiger partial charge in [-0.2, -0.15) is 0 Å². The van der Waals surface area contributed by atoms with Crippen molar-refractivity contribution < 1.29 is 9.53 Å². The Hall–Kier alpha value is -2.80. The van der Waals surface area contributed by atoms with Crippen LogP contribution in [0.15, 0.2) is 58.5 Å². The minimum absolute atomic E-state index is 0.102. The predicted octanol–water partition coefficient (Wildman–Crippen LogP) is 5.97. The van der Waals surface area contributed by atoms with Crippen LogP contribution in [0.3, 0.4) is 0 Å². The van der Waals surface area contributed by atoms with Crippen molar-refractivity contribution in [3.8, 4) is 5.75 Å². The standard InChI is InChI=1S/C27H34N4O2S/c1-6-34-24-23(19-10-12-20(13-11-19)26(2,3)4)29-27(30-24)14-16-31(17-15-27)25(32)28-21-8-7-9-22(18-21)33-5/h7-13,18H,6,14-17H2,1-5H3,(H,28,32). The molecule has 1 saturated heterocycles. The first-order valence-electron chi connectivity index (χ1n) is 11.9. The van der Waals surface area contributed by atoms with Gasteiger partial charge in [0.25, 0.3) is 0 Å². The molecule has 6 nitrogen and oxygen atoms in total. The van der Waals surface area contributed by atoms with Crippen LogP contribution in [0, 0.1) is 0 Å². The van der Waals surface area contributed by atoms with Gasteiger partial charge < -0.3 is 15.0 Å². The summed E-state index contributed by atoms with van der Waals surface area (Å²) in [6.45, 7) is 10.0. The molecule has 2 aromatic rings. The molecule has 2 aliphatic rings. The summed E-state index contributed by atoms with van der Waals surface area (Å²) in [6.07, 6.45) is 1.44. The van der Waals surface area contributed by atoms with E-state index in [4.69, 9.17) is 14.7 Å². The third-order valence-corrected chi connectivity index (χ3v) is 7.16. The van der Waals surface area contributed by atoms with Gasteiger partial charge in [0.05, 0.1) is 12.8 Å². The average molecular weight is 479 g/mol. The van der Waals surface area contributed by atoms with E-state index in [0.29, 0.717) is 18.8 Å². The van der Waals surface area contributed by atoms with E-state index in [2.05, 4.69) is 57.3 Å². The molecule has 7 heteroatoms. The number of urea groups is 1. The quantitative estimate of drug-likeness (QED) is 0.589. The lowest BCUT2D eigenvalue weighted by Crippen LogP contribution is -2.46. The summed E-state index contributed by atoms with van der Waals surface area (Å²) in [5.41, 5.74) is 3.78. The van der Waals surface area contributed by atoms with Gasteiger partial charge in [-0.1, -0.05) is 58.0 Å². The van der Waals surface area contributed by atoms with Crippen molar-refractivity contribution in [3.63, 3.8) is 0 Å². The van der Waals surface area contributed by atoms with Gasteiger partial charge in [-0.15, -0.1) is 11.8 Å². The van der Waals surface area contributed by atoms with Gasteiger partial charge in [-0.25, -0.2) is 9.79 Å². The first kappa shape index (κ1) is 24.3. The third kappa shape index (κ3) is 5.30. The minimum atomic E-state index is -0.470. The van der Waals surface area contributed by atoms with Gasteiger partial charge in [0.15, 0.2) is 5.66 Å². The molecule has 1 spiro atoms. The van der Waals surface area contributed by atoms with Crippen LogP contribution >= 0.6 is 11.8 Å². The number of rotatable bonds is 4. The van der Waals surface area contributed by atoms with Crippen molar-refractivity contribution in [3.05, 3.63) is 59.7 Å². The zero-order valence-corrected chi connectivity index (χ0v) is 21.5. The number of aliphatic imine (C=N–C) groups is 2. The van der Waals surface area contributed by atoms with Crippen LogP contribution < -0.4 is 10.1 Å². The molecular weight excluding hydrogens is 444 g/mol. The Kier molecular flexibility index (Phi) is 7.03. The van der Waals surface area contributed by atoms with Crippen LogP contribution in [0.4, 0.5) is 10.5 Å². The van der Waals surface area contributed by atoms with E-state index >= 15 is 0 Å². The van der Waals surface area contributed by atoms with Crippen LogP contribution in [0.2, 0.25) is 0 Å². The lowest BCUT2D eigenvalue weighted by molar-refractivity contribution is 0.175. The number of amides is 2. The molecule has 0 saturated carbocycles. The smallest absolute Gasteiger partial charge is 0.321 e. The van der Waals surface area contributed by atoms with E-state index in [0.717, 1.165) is 40.6 Å². The van der Waals surface area contributed by atoms with E-state index < -0.39 is 5.66 Å². The molecule has 0 bridgehead atoms. The van der Waals surface area contributed by atoms with Gasteiger partial charge >= 0.3 is 6.03 Å². The molecule has 2 amide bonds. The van der Waals surface area contributed by atoms with Crippen LogP contribution in [-0.2, 0) is 5.41 Å². The molecule has 180 valence electrons. The Labute approximate surface area is 206 Å². The zero-order chi connectivity index (χ0) is 24.3. The molecule has 1 fully saturated rings. The van der Waals surface area contributed by atoms with Crippen LogP contribution in [0.1, 0.15) is 51.7 Å². The van der Waals surface area contributed by atoms with Gasteiger partial charge in [0.2, 0.25) is 0 Å². The second kappa shape index (κ2) is 9.82. The summed E-state index contributed by atoms with van der Waals surface area (Å²) >= 11 is 1.75. The van der Waals surface area contributed by atoms with Crippen LogP contribution in [0.5, 0.6) is 5.75 Å². The van der Waals surface area contributed by atoms with Crippen LogP contribution in [-0.4, -0.2) is 53.3 Å². The number of nitrogens with zero attached hydrogens (tertiary/aromatic N) is 3. The zero-order valence-electron chi connectivity index (χ0n) is 20.7. The van der Waals surface area contributed by atoms with Gasteiger partial charge in [0.1, 0.15) is 10.8 Å². The first-order chi connectivity index (χ1) is 16.2. The topological polar surface area (TPSA) is 66.3 Å². The van der Waals surface area contributed by atoms with E-state index in [9.17, 15) is 4.79 Å². The highest BCUT2D eigenvalue weighted by Gasteiger charge is 2.40. The largest absolute Gasteiger partial charge is 0.497 e. The normalized spacial score (nSPS) is 17.4. The Bertz CT molecular complexity index is 1090. The number of carbonyl (C=O) groups is 1. The molecule has 0 unspecified atom stereocenters. The summed E-state index contributed by atoms with van der Waals surface area (Å²) in [5, 5.41) is 3.99. The van der Waals surface area contributed by atoms with Crippen molar-refractivity contribution in [2.45, 2.75) is 51.6 Å². The molecule has 0 aliphatic carbocycles. The lowest BCUT2D eigenvalue weighted by atomic mass is 9.86. The number of carbonyl (C=O) groups excluding carboxylic acids is 1. The number of methoxy groups -OCH3 is 1. The highest BCUT2D eigenvalue weighted by atomic mass is 32.2. The van der Waals surface area contributed by atoms with Crippen molar-refractivity contribution in [2.75, 3.05) is 31.3 Å². The van der Waals surface area contributed by atoms with E-state index in [1.807, 2.05) is 29.2 Å². The fraction of sp³-hybridized carbons (Fsp3) is 0.444. The SMILES string of the molecule is CCSC1=NC2(CCN(C(=O)Nc3cccc(OC)c3)CC2)N=C1c1ccc(C(C)(C)C)cc1. The van der Waals surface area contributed by atoms with E-state index in [-0.39, 0.29) is 11.4 Å². The van der Waals surface area contributed by atoms with E-state index in [1.165, 1.54) is 5.56 Å². The molecule has 0 radical (unpaired) electrons. The molecule has 0 atom stereocenters. The Morgan fingerprint density at radius 1 is 1.12 bits per heavy atom. The Morgan fingerprint density at radius 3 is 2.44 bits per heavy atom. The summed E-state index contributed by atoms with van der Waals surface area (Å²) < 4.78 is 5.25. The second-order valence-electron chi connectivity index (χ2n) is 9.77. The van der Waals surface area contributed by atoms with Gasteiger partial charge in [-0.3, -0.25) is 4.99 Å². The first-order valence-corrected chi connectivity index (χ1v) is 12.9. The monoisotopic (exact) mass is 478 g/mol. The number of piperidine rings is 1. The molecule has 2 heterocycles. The van der Waals surface area contributed by atoms with Crippen LogP contribution in [0.25, 0.3) is 0 Å². The summed E-state index contributed by atoms with van der Waals surface area (Å²) in [7, 11) is 1.62. The predicted molar refractivity (Wildman–Crippen MR) is 143 cm³/mol. The summed E-state index contributed by atoms with van der Waals surface area (Å²) in [5.74, 6) is 1.66. The number of benzene rings is 2. The Morgan fingerprint density at radius 2 is 1.82 bits per heavy atom. The third-order valence-electron chi connectivity index (χ3n) is 6.31. The van der Waals surface area contributed by atoms with Crippen molar-refractivity contribution in [2.24, 2.45) is 9.98 Å². The number of anilines is 1. The van der Waals surface area contributed by atoms with E-state index in [1.54, 1.807) is 18.9 Å². The molecule has 2 aromatic carbocycles. The van der Waals surface area contributed by atoms with Crippen molar-refractivity contribution in [1.29, 1.82) is 0 Å². The molecule has 1 N–H and O–H groups in total. The van der Waals surface area contributed by atoms with Crippen molar-refractivity contribution >= 4 is 34.2 Å². The highest BCUT2D eigenvalue weighted by Crippen LogP contribution is 2.36. The number of hydrogen-bond acceptors (Lipinski definition) is 5. The molecule has 4 rings (SSSR count). The maximum atomic E-state index is 12.8. The molecule has 2 aliphatic heterocycles. The molecule has 34 heavy (non-hydrogen) atoms. The number of thioether (sulfide) groups is 1. The highest BCUT2D eigenvalue weighted by molar-refractivity contribution is 8.15. The maximum Gasteiger partial charge on any atom is 0.321 e. The maximum absolute atomic E-state index is 12.8. The van der Waals surface area contributed by atoms with Gasteiger partial charge in [0, 0.05) is 43.2 Å². The number of hydrogen-bond donors (Lipinski definition) is 1. The fourth-order valence-corrected chi connectivity index (χ4v) is 5.08. The Balaban J connectivity index is 1.47. The summed E-state index contributed by atoms with van der Waals surface area (Å²) in [6, 6.07) is 16.0. The molecular formula is C27H34N4O2S. The summed E-state index contributed by atoms with van der Waals surface area (Å²) in [4.78, 5) is 24.9. The van der Waals surface area contributed by atoms with Crippen molar-refractivity contribution in [1.82, 2.24) is 4.90 Å². The number of ether oxygens (including phenoxy) is 1. The minimum Gasteiger partial charge on any atom is -0.497 e. The number of likely N-dealkylation sites (tertiary alicyclic amines) is 1. The number of nitrogens with one attached hydrogen (secondary N) is 1. The molecule has 0 aromatic heterocycles. The fourth-order valence-electron chi connectivity index (χ4n) is 4.27. The lowest BCUT2D eigenvalue weighted by Gasteiger charge is -2.35. The van der Waals surface area contributed by atoms with Gasteiger partial charge in [-0.05, 0) is 28.9 Å².